The van der Waals surface area contributed by atoms with E-state index in [9.17, 15) is 0 Å². The average molecular weight is 384 g/mol. The Morgan fingerprint density at radius 3 is 3.16 bits per heavy atom. The second-order valence-electron chi connectivity index (χ2n) is 5.02. The topological polar surface area (TPSA) is 24.9 Å². The lowest BCUT2D eigenvalue weighted by atomic mass is 9.93. The minimum absolute atomic E-state index is 0.301. The maximum Gasteiger partial charge on any atom is 0.0659 e. The summed E-state index contributed by atoms with van der Waals surface area (Å²) in [5, 5.41) is 3.75. The third-order valence-corrected chi connectivity index (χ3v) is 5.64. The van der Waals surface area contributed by atoms with Gasteiger partial charge in [-0.1, -0.05) is 6.07 Å². The molecule has 4 heteroatoms. The normalized spacial score (nSPS) is 20.0. The largest absolute Gasteiger partial charge is 0.302 e. The van der Waals surface area contributed by atoms with E-state index in [1.54, 1.807) is 4.88 Å². The number of hydrogen-bond acceptors (Lipinski definition) is 3. The van der Waals surface area contributed by atoms with Crippen LogP contribution in [0.2, 0.25) is 0 Å². The molecule has 1 unspecified atom stereocenters. The van der Waals surface area contributed by atoms with Crippen molar-refractivity contribution in [3.8, 4) is 0 Å². The minimum Gasteiger partial charge on any atom is -0.302 e. The highest BCUT2D eigenvalue weighted by atomic mass is 127. The average Bonchev–Trinajstić information content (AvgIpc) is 2.81. The lowest BCUT2D eigenvalue weighted by Gasteiger charge is -2.27. The molecule has 2 aromatic rings. The summed E-state index contributed by atoms with van der Waals surface area (Å²) < 4.78 is 1.40. The van der Waals surface area contributed by atoms with Gasteiger partial charge in [-0.05, 0) is 72.5 Å². The van der Waals surface area contributed by atoms with Gasteiger partial charge >= 0.3 is 0 Å². The fourth-order valence-corrected chi connectivity index (χ4v) is 4.83. The molecule has 3 rings (SSSR count). The van der Waals surface area contributed by atoms with E-state index in [4.69, 9.17) is 0 Å². The number of nitrogens with zero attached hydrogens (tertiary/aromatic N) is 1. The van der Waals surface area contributed by atoms with Crippen LogP contribution in [0.5, 0.6) is 0 Å². The number of aryl methyl sites for hydroxylation is 1. The van der Waals surface area contributed by atoms with Crippen LogP contribution in [-0.2, 0) is 6.42 Å². The van der Waals surface area contributed by atoms with Crippen LogP contribution in [0.3, 0.4) is 0 Å². The number of aromatic nitrogens is 1. The molecule has 0 bridgehead atoms. The van der Waals surface area contributed by atoms with Crippen molar-refractivity contribution in [3.05, 3.63) is 49.5 Å². The lowest BCUT2D eigenvalue weighted by molar-refractivity contribution is 0.414. The molecule has 0 spiro atoms. The molecule has 0 amide bonds. The van der Waals surface area contributed by atoms with Crippen LogP contribution in [0.25, 0.3) is 0 Å². The molecule has 2 heterocycles. The van der Waals surface area contributed by atoms with Crippen LogP contribution >= 0.6 is 33.9 Å². The van der Waals surface area contributed by atoms with E-state index in [0.29, 0.717) is 12.1 Å². The summed E-state index contributed by atoms with van der Waals surface area (Å²) in [5.41, 5.74) is 2.64. The summed E-state index contributed by atoms with van der Waals surface area (Å²) in [7, 11) is 0. The zero-order valence-corrected chi connectivity index (χ0v) is 13.9. The third kappa shape index (κ3) is 3.01. The molecule has 100 valence electrons. The van der Waals surface area contributed by atoms with Gasteiger partial charge in [0.25, 0.3) is 0 Å². The first kappa shape index (κ1) is 13.5. The second-order valence-corrected chi connectivity index (χ2v) is 8.05. The number of pyridine rings is 1. The van der Waals surface area contributed by atoms with E-state index < -0.39 is 0 Å². The fraction of sp³-hybridized carbons (Fsp3) is 0.400. The molecule has 0 aromatic carbocycles. The molecule has 2 aromatic heterocycles. The van der Waals surface area contributed by atoms with E-state index in [1.807, 2.05) is 23.6 Å². The van der Waals surface area contributed by atoms with Gasteiger partial charge in [-0.3, -0.25) is 4.98 Å². The Kier molecular flexibility index (Phi) is 4.19. The minimum atomic E-state index is 0.301. The maximum atomic E-state index is 4.44. The van der Waals surface area contributed by atoms with Crippen LogP contribution in [0.15, 0.2) is 30.5 Å². The maximum absolute atomic E-state index is 4.44. The molecule has 2 atom stereocenters. The molecule has 0 radical (unpaired) electrons. The van der Waals surface area contributed by atoms with Gasteiger partial charge in [0.1, 0.15) is 0 Å². The fourth-order valence-electron chi connectivity index (χ4n) is 2.71. The summed E-state index contributed by atoms with van der Waals surface area (Å²) >= 11 is 4.38. The Labute approximate surface area is 131 Å². The van der Waals surface area contributed by atoms with Crippen LogP contribution < -0.4 is 5.32 Å². The highest BCUT2D eigenvalue weighted by Gasteiger charge is 2.24. The molecular formula is C15H17IN2S. The van der Waals surface area contributed by atoms with E-state index in [0.717, 1.165) is 5.69 Å². The van der Waals surface area contributed by atoms with Crippen molar-refractivity contribution < 1.29 is 0 Å². The van der Waals surface area contributed by atoms with E-state index >= 15 is 0 Å². The Balaban J connectivity index is 1.77. The number of halogens is 1. The van der Waals surface area contributed by atoms with Gasteiger partial charge in [0, 0.05) is 23.2 Å². The van der Waals surface area contributed by atoms with Gasteiger partial charge in [-0.25, -0.2) is 0 Å². The lowest BCUT2D eigenvalue weighted by Crippen LogP contribution is -2.27. The van der Waals surface area contributed by atoms with E-state index in [1.165, 1.54) is 27.7 Å². The highest BCUT2D eigenvalue weighted by Crippen LogP contribution is 2.37. The van der Waals surface area contributed by atoms with Crippen molar-refractivity contribution in [2.75, 3.05) is 0 Å². The van der Waals surface area contributed by atoms with Crippen molar-refractivity contribution in [2.24, 2.45) is 0 Å². The van der Waals surface area contributed by atoms with Crippen LogP contribution in [-0.4, -0.2) is 4.98 Å². The highest BCUT2D eigenvalue weighted by molar-refractivity contribution is 14.1. The van der Waals surface area contributed by atoms with Gasteiger partial charge in [0.05, 0.1) is 8.58 Å². The Hall–Kier alpha value is -0.460. The van der Waals surface area contributed by atoms with Crippen LogP contribution in [0, 0.1) is 2.88 Å². The quantitative estimate of drug-likeness (QED) is 0.790. The first-order valence-corrected chi connectivity index (χ1v) is 8.58. The molecule has 1 N–H and O–H groups in total. The number of nitrogens with one attached hydrogen (secondary N) is 1. The third-order valence-electron chi connectivity index (χ3n) is 3.67. The van der Waals surface area contributed by atoms with Gasteiger partial charge in [0.15, 0.2) is 0 Å². The van der Waals surface area contributed by atoms with E-state index in [2.05, 4.69) is 58.0 Å². The number of hydrogen-bond donors (Lipinski definition) is 1. The van der Waals surface area contributed by atoms with Crippen LogP contribution in [0.4, 0.5) is 0 Å². The van der Waals surface area contributed by atoms with Gasteiger partial charge < -0.3 is 5.32 Å². The number of fused-ring (bicyclic) bond motifs is 1. The molecule has 0 saturated carbocycles. The smallest absolute Gasteiger partial charge is 0.0659 e. The van der Waals surface area contributed by atoms with Gasteiger partial charge in [-0.15, -0.1) is 11.3 Å². The first-order valence-electron chi connectivity index (χ1n) is 6.69. The summed E-state index contributed by atoms with van der Waals surface area (Å²) in [6.45, 7) is 2.20. The zero-order valence-electron chi connectivity index (χ0n) is 10.9. The standard InChI is InChI=1S/C15H17IN2S/c1-10(12-5-2-3-8-17-12)18-13-6-4-7-14-11(13)9-15(16)19-14/h2-3,5,8-10,13,18H,4,6-7H2,1H3/t10-,13?/m1/s1. The molecule has 2 nitrogen and oxygen atoms in total. The number of rotatable bonds is 3. The Morgan fingerprint density at radius 2 is 2.37 bits per heavy atom. The SMILES string of the molecule is C[C@@H](NC1CCCc2sc(I)cc21)c1ccccn1. The van der Waals surface area contributed by atoms with Gasteiger partial charge in [-0.2, -0.15) is 0 Å². The van der Waals surface area contributed by atoms with Crippen molar-refractivity contribution in [1.82, 2.24) is 10.3 Å². The summed E-state index contributed by atoms with van der Waals surface area (Å²) in [4.78, 5) is 6.01. The van der Waals surface area contributed by atoms with Crippen molar-refractivity contribution >= 4 is 33.9 Å². The zero-order chi connectivity index (χ0) is 13.2. The second kappa shape index (κ2) is 5.89. The van der Waals surface area contributed by atoms with Crippen LogP contribution in [0.1, 0.15) is 48.0 Å². The molecular weight excluding hydrogens is 367 g/mol. The summed E-state index contributed by atoms with van der Waals surface area (Å²) in [6, 6.07) is 9.26. The molecule has 0 aliphatic heterocycles. The van der Waals surface area contributed by atoms with Crippen molar-refractivity contribution in [2.45, 2.75) is 38.3 Å². The number of thiophene rings is 1. The van der Waals surface area contributed by atoms with Crippen molar-refractivity contribution in [1.29, 1.82) is 0 Å². The molecule has 1 aliphatic rings. The predicted molar refractivity (Wildman–Crippen MR) is 88.5 cm³/mol. The predicted octanol–water partition coefficient (Wildman–Crippen LogP) is 4.48. The van der Waals surface area contributed by atoms with E-state index in [-0.39, 0.29) is 0 Å². The first-order chi connectivity index (χ1) is 9.24. The molecule has 0 fully saturated rings. The Morgan fingerprint density at radius 1 is 1.47 bits per heavy atom. The summed E-state index contributed by atoms with van der Waals surface area (Å²) in [5.74, 6) is 0. The van der Waals surface area contributed by atoms with Gasteiger partial charge in [0.2, 0.25) is 0 Å². The Bertz CT molecular complexity index is 553. The molecule has 0 saturated heterocycles. The molecule has 19 heavy (non-hydrogen) atoms. The summed E-state index contributed by atoms with van der Waals surface area (Å²) in [6.07, 6.45) is 5.64. The monoisotopic (exact) mass is 384 g/mol. The van der Waals surface area contributed by atoms with Crippen molar-refractivity contribution in [3.63, 3.8) is 0 Å². The molecule has 1 aliphatic carbocycles.